The van der Waals surface area contributed by atoms with Gasteiger partial charge in [-0.15, -0.1) is 0 Å². The second-order valence-electron chi connectivity index (χ2n) is 6.23. The van der Waals surface area contributed by atoms with Gasteiger partial charge < -0.3 is 4.90 Å². The number of halogens is 1. The van der Waals surface area contributed by atoms with E-state index in [1.165, 1.54) is 17.0 Å². The maximum absolute atomic E-state index is 12.2. The van der Waals surface area contributed by atoms with Gasteiger partial charge in [0.1, 0.15) is 0 Å². The molecule has 1 aliphatic rings. The summed E-state index contributed by atoms with van der Waals surface area (Å²) in [5, 5.41) is 0.658. The third-order valence-electron chi connectivity index (χ3n) is 4.32. The Morgan fingerprint density at radius 3 is 2.33 bits per heavy atom. The summed E-state index contributed by atoms with van der Waals surface area (Å²) in [4.78, 5) is 14.1. The first-order valence-electron chi connectivity index (χ1n) is 8.33. The van der Waals surface area contributed by atoms with Crippen LogP contribution in [0.5, 0.6) is 0 Å². The Morgan fingerprint density at radius 2 is 1.75 bits per heavy atom. The lowest BCUT2D eigenvalue weighted by Gasteiger charge is -2.28. The van der Waals surface area contributed by atoms with E-state index in [0.29, 0.717) is 18.0 Å². The number of rotatable bonds is 7. The molecule has 0 radical (unpaired) electrons. The van der Waals surface area contributed by atoms with Crippen LogP contribution in [0.4, 0.5) is 0 Å². The molecule has 0 N–H and O–H groups in total. The minimum absolute atomic E-state index is 0.0508. The van der Waals surface area contributed by atoms with Crippen molar-refractivity contribution in [3.05, 3.63) is 34.9 Å². The number of hydrogen-bond acceptors (Lipinski definition) is 3. The molecule has 1 aromatic carbocycles. The number of carbonyl (C=O) groups excluding carboxylic acids is 1. The zero-order valence-electron chi connectivity index (χ0n) is 14.1. The van der Waals surface area contributed by atoms with Gasteiger partial charge in [0.25, 0.3) is 0 Å². The number of amides is 1. The maximum Gasteiger partial charge on any atom is 0.223 e. The third-order valence-corrected chi connectivity index (χ3v) is 5.87. The van der Waals surface area contributed by atoms with Gasteiger partial charge in [-0.25, -0.2) is 12.7 Å². The average molecular weight is 373 g/mol. The Morgan fingerprint density at radius 1 is 1.12 bits per heavy atom. The topological polar surface area (TPSA) is 57.7 Å². The van der Waals surface area contributed by atoms with Crippen LogP contribution in [0.25, 0.3) is 0 Å². The molecule has 7 heteroatoms. The molecule has 0 aromatic heterocycles. The van der Waals surface area contributed by atoms with Crippen molar-refractivity contribution in [3.8, 4) is 0 Å². The molecule has 1 aliphatic heterocycles. The predicted octanol–water partition coefficient (Wildman–Crippen LogP) is 2.55. The molecular formula is C17H25ClN2O3S. The molecule has 0 saturated carbocycles. The van der Waals surface area contributed by atoms with E-state index in [9.17, 15) is 13.2 Å². The molecule has 0 bridgehead atoms. The fourth-order valence-corrected chi connectivity index (χ4v) is 3.84. The summed E-state index contributed by atoms with van der Waals surface area (Å²) in [6.45, 7) is 2.19. The maximum atomic E-state index is 12.2. The Kier molecular flexibility index (Phi) is 7.07. The van der Waals surface area contributed by atoms with Crippen molar-refractivity contribution in [2.45, 2.75) is 32.1 Å². The first kappa shape index (κ1) is 19.2. The highest BCUT2D eigenvalue weighted by Gasteiger charge is 2.21. The van der Waals surface area contributed by atoms with Gasteiger partial charge in [-0.2, -0.15) is 0 Å². The van der Waals surface area contributed by atoms with Crippen LogP contribution in [0.1, 0.15) is 31.2 Å². The number of carbonyl (C=O) groups is 1. The van der Waals surface area contributed by atoms with Gasteiger partial charge in [-0.1, -0.05) is 23.7 Å². The van der Waals surface area contributed by atoms with E-state index in [1.54, 1.807) is 12.1 Å². The summed E-state index contributed by atoms with van der Waals surface area (Å²) >= 11 is 5.86. The summed E-state index contributed by atoms with van der Waals surface area (Å²) in [7, 11) is -3.33. The van der Waals surface area contributed by atoms with Crippen LogP contribution in [-0.4, -0.2) is 56.0 Å². The molecule has 2 rings (SSSR count). The number of benzene rings is 1. The van der Waals surface area contributed by atoms with Crippen LogP contribution in [0, 0.1) is 0 Å². The van der Waals surface area contributed by atoms with Gasteiger partial charge in [0.2, 0.25) is 15.9 Å². The third kappa shape index (κ3) is 6.07. The Hall–Kier alpha value is -1.11. The highest BCUT2D eigenvalue weighted by Crippen LogP contribution is 2.13. The van der Waals surface area contributed by atoms with Gasteiger partial charge in [0, 0.05) is 37.6 Å². The Balaban J connectivity index is 1.88. The second-order valence-corrected chi connectivity index (χ2v) is 8.65. The van der Waals surface area contributed by atoms with Crippen molar-refractivity contribution < 1.29 is 13.2 Å². The molecule has 5 nitrogen and oxygen atoms in total. The Labute approximate surface area is 149 Å². The minimum Gasteiger partial charge on any atom is -0.343 e. The van der Waals surface area contributed by atoms with E-state index in [4.69, 9.17) is 11.6 Å². The van der Waals surface area contributed by atoms with E-state index >= 15 is 0 Å². The van der Waals surface area contributed by atoms with Crippen LogP contribution in [0.3, 0.4) is 0 Å². The van der Waals surface area contributed by atoms with Crippen molar-refractivity contribution in [2.75, 3.05) is 32.4 Å². The predicted molar refractivity (Wildman–Crippen MR) is 96.6 cm³/mol. The first-order valence-corrected chi connectivity index (χ1v) is 10.6. The highest BCUT2D eigenvalue weighted by atomic mass is 35.5. The van der Waals surface area contributed by atoms with E-state index < -0.39 is 10.0 Å². The molecule has 1 aromatic rings. The molecular weight excluding hydrogens is 348 g/mol. The fraction of sp³-hybridized carbons (Fsp3) is 0.588. The lowest BCUT2D eigenvalue weighted by atomic mass is 10.1. The van der Waals surface area contributed by atoms with Gasteiger partial charge in [0.05, 0.1) is 6.26 Å². The Bertz CT molecular complexity index is 640. The average Bonchev–Trinajstić information content (AvgIpc) is 2.55. The molecule has 0 spiro atoms. The standard InChI is InChI=1S/C17H25ClN2O3S/c1-24(22,23)20(13-9-15-5-7-16(18)8-6-15)14-10-17(21)19-11-3-2-4-12-19/h5-8H,2-4,9-14H2,1H3. The molecule has 1 amide bonds. The highest BCUT2D eigenvalue weighted by molar-refractivity contribution is 7.88. The van der Waals surface area contributed by atoms with Crippen molar-refractivity contribution in [1.82, 2.24) is 9.21 Å². The van der Waals surface area contributed by atoms with Crippen molar-refractivity contribution in [3.63, 3.8) is 0 Å². The molecule has 0 aliphatic carbocycles. The number of hydrogen-bond donors (Lipinski definition) is 0. The lowest BCUT2D eigenvalue weighted by Crippen LogP contribution is -2.39. The summed E-state index contributed by atoms with van der Waals surface area (Å²) in [6, 6.07) is 7.37. The smallest absolute Gasteiger partial charge is 0.223 e. The van der Waals surface area contributed by atoms with Crippen LogP contribution in [0.15, 0.2) is 24.3 Å². The number of piperidine rings is 1. The summed E-state index contributed by atoms with van der Waals surface area (Å²) in [5.74, 6) is 0.0508. The molecule has 24 heavy (non-hydrogen) atoms. The number of sulfonamides is 1. The van der Waals surface area contributed by atoms with Crippen molar-refractivity contribution in [1.29, 1.82) is 0 Å². The SMILES string of the molecule is CS(=O)(=O)N(CCC(=O)N1CCCCC1)CCc1ccc(Cl)cc1. The second kappa shape index (κ2) is 8.83. The van der Waals surface area contributed by atoms with Crippen molar-refractivity contribution >= 4 is 27.5 Å². The van der Waals surface area contributed by atoms with Crippen LogP contribution in [0.2, 0.25) is 5.02 Å². The van der Waals surface area contributed by atoms with Gasteiger partial charge in [0.15, 0.2) is 0 Å². The minimum atomic E-state index is -3.33. The van der Waals surface area contributed by atoms with E-state index in [2.05, 4.69) is 0 Å². The van der Waals surface area contributed by atoms with Crippen LogP contribution >= 0.6 is 11.6 Å². The molecule has 0 atom stereocenters. The van der Waals surface area contributed by atoms with Gasteiger partial charge in [-0.3, -0.25) is 4.79 Å². The molecule has 1 heterocycles. The molecule has 0 unspecified atom stereocenters. The number of likely N-dealkylation sites (tertiary alicyclic amines) is 1. The molecule has 134 valence electrons. The summed E-state index contributed by atoms with van der Waals surface area (Å²) in [6.07, 6.45) is 5.28. The monoisotopic (exact) mass is 372 g/mol. The van der Waals surface area contributed by atoms with Crippen LogP contribution < -0.4 is 0 Å². The number of nitrogens with zero attached hydrogens (tertiary/aromatic N) is 2. The largest absolute Gasteiger partial charge is 0.343 e. The quantitative estimate of drug-likeness (QED) is 0.739. The van der Waals surface area contributed by atoms with Gasteiger partial charge in [-0.05, 0) is 43.4 Å². The lowest BCUT2D eigenvalue weighted by molar-refractivity contribution is -0.132. The van der Waals surface area contributed by atoms with E-state index in [0.717, 1.165) is 31.5 Å². The fourth-order valence-electron chi connectivity index (χ4n) is 2.87. The zero-order chi connectivity index (χ0) is 17.6. The summed E-state index contributed by atoms with van der Waals surface area (Å²) in [5.41, 5.74) is 1.02. The van der Waals surface area contributed by atoms with E-state index in [1.807, 2.05) is 17.0 Å². The first-order chi connectivity index (χ1) is 11.4. The normalized spacial score (nSPS) is 15.7. The molecule has 1 saturated heterocycles. The van der Waals surface area contributed by atoms with Gasteiger partial charge >= 0.3 is 0 Å². The van der Waals surface area contributed by atoms with Crippen molar-refractivity contribution in [2.24, 2.45) is 0 Å². The van der Waals surface area contributed by atoms with E-state index in [-0.39, 0.29) is 18.9 Å². The molecule has 1 fully saturated rings. The van der Waals surface area contributed by atoms with Crippen LogP contribution in [-0.2, 0) is 21.2 Å². The summed E-state index contributed by atoms with van der Waals surface area (Å²) < 4.78 is 25.3. The zero-order valence-corrected chi connectivity index (χ0v) is 15.7.